The van der Waals surface area contributed by atoms with Crippen LogP contribution in [0.3, 0.4) is 0 Å². The lowest BCUT2D eigenvalue weighted by Gasteiger charge is -2.19. The maximum Gasteiger partial charge on any atom is 0.270 e. The number of aryl methyl sites for hydroxylation is 2. The SMILES string of the molecule is CCN(CC)C(=O)c1cc2c(=O)n3cccc(C)c3nc2n1CCCOC. The van der Waals surface area contributed by atoms with Crippen molar-refractivity contribution in [2.45, 2.75) is 33.7 Å². The minimum absolute atomic E-state index is 0.0828. The number of methoxy groups -OCH3 is 1. The van der Waals surface area contributed by atoms with Gasteiger partial charge < -0.3 is 14.2 Å². The molecule has 0 N–H and O–H groups in total. The largest absolute Gasteiger partial charge is 0.385 e. The highest BCUT2D eigenvalue weighted by Gasteiger charge is 2.22. The van der Waals surface area contributed by atoms with Crippen molar-refractivity contribution in [3.8, 4) is 0 Å². The quantitative estimate of drug-likeness (QED) is 0.599. The van der Waals surface area contributed by atoms with Gasteiger partial charge >= 0.3 is 0 Å². The summed E-state index contributed by atoms with van der Waals surface area (Å²) in [7, 11) is 1.65. The van der Waals surface area contributed by atoms with Gasteiger partial charge in [0.25, 0.3) is 11.5 Å². The van der Waals surface area contributed by atoms with Gasteiger partial charge in [-0.1, -0.05) is 6.07 Å². The number of nitrogens with zero attached hydrogens (tertiary/aromatic N) is 4. The molecule has 0 bridgehead atoms. The fraction of sp³-hybridized carbons (Fsp3) is 0.450. The van der Waals surface area contributed by atoms with Gasteiger partial charge in [0, 0.05) is 39.5 Å². The minimum Gasteiger partial charge on any atom is -0.385 e. The third-order valence-corrected chi connectivity index (χ3v) is 4.89. The molecular formula is C20H26N4O3. The Morgan fingerprint density at radius 2 is 2.00 bits per heavy atom. The predicted octanol–water partition coefficient (Wildman–Crippen LogP) is 2.48. The maximum absolute atomic E-state index is 13.0. The number of amides is 1. The molecule has 0 aliphatic rings. The zero-order valence-corrected chi connectivity index (χ0v) is 16.4. The Labute approximate surface area is 158 Å². The molecule has 0 aliphatic heterocycles. The topological polar surface area (TPSA) is 68.8 Å². The van der Waals surface area contributed by atoms with Gasteiger partial charge in [0.15, 0.2) is 0 Å². The normalized spacial score (nSPS) is 11.4. The zero-order chi connectivity index (χ0) is 19.6. The summed E-state index contributed by atoms with van der Waals surface area (Å²) in [6.07, 6.45) is 2.44. The molecule has 0 atom stereocenters. The number of fused-ring (bicyclic) bond motifs is 2. The van der Waals surface area contributed by atoms with Crippen LogP contribution in [0.2, 0.25) is 0 Å². The first-order valence-corrected chi connectivity index (χ1v) is 9.32. The van der Waals surface area contributed by atoms with E-state index in [1.54, 1.807) is 28.7 Å². The van der Waals surface area contributed by atoms with Crippen LogP contribution >= 0.6 is 0 Å². The Kier molecular flexibility index (Phi) is 5.60. The summed E-state index contributed by atoms with van der Waals surface area (Å²) in [5.41, 5.74) is 2.43. The lowest BCUT2D eigenvalue weighted by molar-refractivity contribution is 0.0761. The first kappa shape index (κ1) is 19.1. The van der Waals surface area contributed by atoms with E-state index in [0.29, 0.717) is 48.6 Å². The first-order valence-electron chi connectivity index (χ1n) is 9.32. The third-order valence-electron chi connectivity index (χ3n) is 4.89. The standard InChI is InChI=1S/C20H26N4O3/c1-5-22(6-2)20(26)16-13-15-18(23(16)11-8-12-27-4)21-17-14(3)9-7-10-24(17)19(15)25/h7,9-10,13H,5-6,8,11-12H2,1-4H3. The van der Waals surface area contributed by atoms with Gasteiger partial charge in [0.05, 0.1) is 5.39 Å². The van der Waals surface area contributed by atoms with E-state index >= 15 is 0 Å². The van der Waals surface area contributed by atoms with Crippen molar-refractivity contribution in [1.82, 2.24) is 18.9 Å². The Morgan fingerprint density at radius 3 is 2.67 bits per heavy atom. The average molecular weight is 370 g/mol. The minimum atomic E-state index is -0.155. The van der Waals surface area contributed by atoms with Crippen LogP contribution in [-0.2, 0) is 11.3 Å². The van der Waals surface area contributed by atoms with E-state index in [-0.39, 0.29) is 11.5 Å². The van der Waals surface area contributed by atoms with Crippen molar-refractivity contribution in [2.75, 3.05) is 26.8 Å². The second-order valence-corrected chi connectivity index (χ2v) is 6.54. The Bertz CT molecular complexity index is 1030. The van der Waals surface area contributed by atoms with E-state index in [1.165, 1.54) is 0 Å². The Morgan fingerprint density at radius 1 is 1.26 bits per heavy atom. The summed E-state index contributed by atoms with van der Waals surface area (Å²) in [4.78, 5) is 32.6. The summed E-state index contributed by atoms with van der Waals surface area (Å²) in [5, 5.41) is 0.464. The molecule has 7 heteroatoms. The molecule has 0 aliphatic carbocycles. The van der Waals surface area contributed by atoms with Gasteiger partial charge in [-0.25, -0.2) is 4.98 Å². The van der Waals surface area contributed by atoms with Gasteiger partial charge in [-0.15, -0.1) is 0 Å². The van der Waals surface area contributed by atoms with Gasteiger partial charge in [-0.3, -0.25) is 14.0 Å². The molecule has 0 saturated heterocycles. The van der Waals surface area contributed by atoms with Crippen LogP contribution in [-0.4, -0.2) is 51.6 Å². The predicted molar refractivity (Wildman–Crippen MR) is 105 cm³/mol. The van der Waals surface area contributed by atoms with Crippen molar-refractivity contribution < 1.29 is 9.53 Å². The molecular weight excluding hydrogens is 344 g/mol. The number of hydrogen-bond acceptors (Lipinski definition) is 4. The molecule has 0 saturated carbocycles. The van der Waals surface area contributed by atoms with Gasteiger partial charge in [0.1, 0.15) is 17.0 Å². The number of ether oxygens (including phenoxy) is 1. The number of hydrogen-bond donors (Lipinski definition) is 0. The molecule has 3 rings (SSSR count). The summed E-state index contributed by atoms with van der Waals surface area (Å²) in [5.74, 6) is -0.0828. The molecule has 0 fully saturated rings. The Balaban J connectivity index is 2.28. The van der Waals surface area contributed by atoms with E-state index in [0.717, 1.165) is 12.0 Å². The summed E-state index contributed by atoms with van der Waals surface area (Å²) in [6.45, 7) is 8.19. The van der Waals surface area contributed by atoms with E-state index in [9.17, 15) is 9.59 Å². The maximum atomic E-state index is 13.0. The first-order chi connectivity index (χ1) is 13.0. The zero-order valence-electron chi connectivity index (χ0n) is 16.4. The number of carbonyl (C=O) groups excluding carboxylic acids is 1. The molecule has 7 nitrogen and oxygen atoms in total. The van der Waals surface area contributed by atoms with Gasteiger partial charge in [0.2, 0.25) is 0 Å². The summed E-state index contributed by atoms with van der Waals surface area (Å²) in [6, 6.07) is 5.44. The van der Waals surface area contributed by atoms with Crippen LogP contribution in [0.5, 0.6) is 0 Å². The third kappa shape index (κ3) is 3.35. The molecule has 0 aromatic carbocycles. The number of carbonyl (C=O) groups is 1. The van der Waals surface area contributed by atoms with Crippen LogP contribution in [0.4, 0.5) is 0 Å². The molecule has 3 heterocycles. The monoisotopic (exact) mass is 370 g/mol. The number of pyridine rings is 1. The van der Waals surface area contributed by atoms with E-state index < -0.39 is 0 Å². The lowest BCUT2D eigenvalue weighted by atomic mass is 10.3. The summed E-state index contributed by atoms with van der Waals surface area (Å²) >= 11 is 0. The lowest BCUT2D eigenvalue weighted by Crippen LogP contribution is -2.32. The molecule has 27 heavy (non-hydrogen) atoms. The summed E-state index contributed by atoms with van der Waals surface area (Å²) < 4.78 is 8.57. The van der Waals surface area contributed by atoms with Crippen LogP contribution in [0.25, 0.3) is 16.7 Å². The highest BCUT2D eigenvalue weighted by molar-refractivity contribution is 5.98. The second kappa shape index (κ2) is 7.92. The molecule has 1 amide bonds. The number of aromatic nitrogens is 3. The molecule has 144 valence electrons. The van der Waals surface area contributed by atoms with Crippen LogP contribution in [0, 0.1) is 6.92 Å². The molecule has 3 aromatic rings. The highest BCUT2D eigenvalue weighted by Crippen LogP contribution is 2.20. The van der Waals surface area contributed by atoms with Crippen LogP contribution in [0.15, 0.2) is 29.2 Å². The van der Waals surface area contributed by atoms with Crippen molar-refractivity contribution in [3.63, 3.8) is 0 Å². The van der Waals surface area contributed by atoms with Crippen molar-refractivity contribution >= 4 is 22.6 Å². The van der Waals surface area contributed by atoms with Crippen molar-refractivity contribution in [1.29, 1.82) is 0 Å². The van der Waals surface area contributed by atoms with Crippen LogP contribution in [0.1, 0.15) is 36.3 Å². The second-order valence-electron chi connectivity index (χ2n) is 6.54. The van der Waals surface area contributed by atoms with Gasteiger partial charge in [-0.05, 0) is 44.9 Å². The molecule has 0 spiro atoms. The number of rotatable bonds is 7. The molecule has 0 unspecified atom stereocenters. The Hall–Kier alpha value is -2.67. The average Bonchev–Trinajstić information content (AvgIpc) is 3.03. The van der Waals surface area contributed by atoms with Crippen molar-refractivity contribution in [3.05, 3.63) is 46.0 Å². The van der Waals surface area contributed by atoms with Crippen LogP contribution < -0.4 is 5.56 Å². The van der Waals surface area contributed by atoms with E-state index in [2.05, 4.69) is 0 Å². The highest BCUT2D eigenvalue weighted by atomic mass is 16.5. The molecule has 3 aromatic heterocycles. The van der Waals surface area contributed by atoms with E-state index in [4.69, 9.17) is 9.72 Å². The fourth-order valence-corrected chi connectivity index (χ4v) is 3.40. The van der Waals surface area contributed by atoms with E-state index in [1.807, 2.05) is 37.5 Å². The van der Waals surface area contributed by atoms with Crippen molar-refractivity contribution in [2.24, 2.45) is 0 Å². The fourth-order valence-electron chi connectivity index (χ4n) is 3.40. The molecule has 0 radical (unpaired) electrons. The van der Waals surface area contributed by atoms with Gasteiger partial charge in [-0.2, -0.15) is 0 Å². The smallest absolute Gasteiger partial charge is 0.270 e.